The Hall–Kier alpha value is -1.42. The number of carbonyl (C=O) groups is 1. The number of benzene rings is 1. The number of hydrogen-bond donors (Lipinski definition) is 1. The van der Waals surface area contributed by atoms with Crippen LogP contribution >= 0.6 is 11.6 Å². The molecule has 0 saturated heterocycles. The number of halogens is 1. The fraction of sp³-hybridized carbons (Fsp3) is 0.222. The van der Waals surface area contributed by atoms with E-state index >= 15 is 0 Å². The third-order valence-electron chi connectivity index (χ3n) is 1.48. The Morgan fingerprint density at radius 1 is 1.57 bits per heavy atom. The average Bonchev–Trinajstić information content (AvgIpc) is 2.16. The van der Waals surface area contributed by atoms with Gasteiger partial charge in [0, 0.05) is 6.07 Å². The van der Waals surface area contributed by atoms with Crippen LogP contribution in [0.2, 0.25) is 5.02 Å². The van der Waals surface area contributed by atoms with E-state index in [1.165, 1.54) is 13.2 Å². The topological polar surface area (TPSA) is 55.8 Å². The van der Waals surface area contributed by atoms with Crippen LogP contribution < -0.4 is 9.47 Å². The minimum atomic E-state index is -1.03. The molecule has 0 aliphatic carbocycles. The molecule has 0 bridgehead atoms. The zero-order valence-corrected chi connectivity index (χ0v) is 8.25. The second-order valence-corrected chi connectivity index (χ2v) is 2.89. The summed E-state index contributed by atoms with van der Waals surface area (Å²) >= 11 is 5.76. The Morgan fingerprint density at radius 2 is 2.29 bits per heavy atom. The van der Waals surface area contributed by atoms with Gasteiger partial charge in [-0.05, 0) is 12.1 Å². The molecule has 0 aliphatic rings. The van der Waals surface area contributed by atoms with Crippen molar-refractivity contribution >= 4 is 17.6 Å². The van der Waals surface area contributed by atoms with E-state index in [0.717, 1.165) is 0 Å². The first-order chi connectivity index (χ1) is 6.63. The molecule has 0 amide bonds. The third-order valence-corrected chi connectivity index (χ3v) is 1.80. The number of aliphatic carboxylic acids is 1. The average molecular weight is 217 g/mol. The first kappa shape index (κ1) is 10.7. The summed E-state index contributed by atoms with van der Waals surface area (Å²) in [7, 11) is 1.47. The minimum Gasteiger partial charge on any atom is -0.495 e. The van der Waals surface area contributed by atoms with Gasteiger partial charge in [0.1, 0.15) is 11.5 Å². The molecule has 76 valence electrons. The Morgan fingerprint density at radius 3 is 2.86 bits per heavy atom. The molecule has 0 spiro atoms. The van der Waals surface area contributed by atoms with Gasteiger partial charge in [0.05, 0.1) is 12.1 Å². The molecule has 0 atom stereocenters. The lowest BCUT2D eigenvalue weighted by Crippen LogP contribution is -2.09. The van der Waals surface area contributed by atoms with E-state index in [2.05, 4.69) is 0 Å². The fourth-order valence-corrected chi connectivity index (χ4v) is 1.07. The van der Waals surface area contributed by atoms with Crippen molar-refractivity contribution in [1.29, 1.82) is 0 Å². The van der Waals surface area contributed by atoms with Crippen molar-refractivity contribution in [1.82, 2.24) is 0 Å². The smallest absolute Gasteiger partial charge is 0.341 e. The molecule has 1 aromatic rings. The lowest BCUT2D eigenvalue weighted by Gasteiger charge is -2.06. The van der Waals surface area contributed by atoms with Crippen LogP contribution in [0.3, 0.4) is 0 Å². The zero-order chi connectivity index (χ0) is 10.6. The highest BCUT2D eigenvalue weighted by atomic mass is 35.5. The molecule has 5 heteroatoms. The molecule has 1 aromatic carbocycles. The van der Waals surface area contributed by atoms with Crippen molar-refractivity contribution in [2.24, 2.45) is 0 Å². The summed E-state index contributed by atoms with van der Waals surface area (Å²) in [6.07, 6.45) is 0. The van der Waals surface area contributed by atoms with E-state index in [1.807, 2.05) is 0 Å². The number of hydrogen-bond acceptors (Lipinski definition) is 3. The van der Waals surface area contributed by atoms with Gasteiger partial charge < -0.3 is 14.6 Å². The van der Waals surface area contributed by atoms with Crippen LogP contribution in [-0.4, -0.2) is 24.8 Å². The summed E-state index contributed by atoms with van der Waals surface area (Å²) < 4.78 is 9.86. The van der Waals surface area contributed by atoms with Crippen molar-refractivity contribution in [3.63, 3.8) is 0 Å². The SMILES string of the molecule is COc1cc(OCC(=O)O)ccc1Cl. The van der Waals surface area contributed by atoms with Crippen molar-refractivity contribution < 1.29 is 19.4 Å². The number of carboxylic acid groups (broad SMARTS) is 1. The van der Waals surface area contributed by atoms with Crippen LogP contribution in [0.25, 0.3) is 0 Å². The van der Waals surface area contributed by atoms with Crippen LogP contribution in [0.5, 0.6) is 11.5 Å². The lowest BCUT2D eigenvalue weighted by molar-refractivity contribution is -0.139. The maximum atomic E-state index is 10.2. The quantitative estimate of drug-likeness (QED) is 0.834. The summed E-state index contributed by atoms with van der Waals surface area (Å²) in [4.78, 5) is 10.2. The molecule has 0 heterocycles. The zero-order valence-electron chi connectivity index (χ0n) is 7.49. The first-order valence-corrected chi connectivity index (χ1v) is 4.19. The Bertz CT molecular complexity index is 338. The molecular weight excluding hydrogens is 208 g/mol. The van der Waals surface area contributed by atoms with Crippen LogP contribution in [0.15, 0.2) is 18.2 Å². The Labute approximate surface area is 86.0 Å². The number of ether oxygens (including phenoxy) is 2. The van der Waals surface area contributed by atoms with Crippen LogP contribution in [0.1, 0.15) is 0 Å². The lowest BCUT2D eigenvalue weighted by atomic mass is 10.3. The maximum absolute atomic E-state index is 10.2. The summed E-state index contributed by atoms with van der Waals surface area (Å²) in [5.74, 6) is -0.165. The largest absolute Gasteiger partial charge is 0.495 e. The predicted molar refractivity (Wildman–Crippen MR) is 51.1 cm³/mol. The molecule has 0 aromatic heterocycles. The molecule has 4 nitrogen and oxygen atoms in total. The van der Waals surface area contributed by atoms with Gasteiger partial charge in [-0.3, -0.25) is 0 Å². The van der Waals surface area contributed by atoms with Crippen LogP contribution in [0.4, 0.5) is 0 Å². The molecule has 0 saturated carbocycles. The standard InChI is InChI=1S/C9H9ClO4/c1-13-8-4-6(2-3-7(8)10)14-5-9(11)12/h2-4H,5H2,1H3,(H,11,12). The molecule has 0 aliphatic heterocycles. The van der Waals surface area contributed by atoms with Crippen LogP contribution in [0, 0.1) is 0 Å². The van der Waals surface area contributed by atoms with Gasteiger partial charge in [-0.25, -0.2) is 4.79 Å². The monoisotopic (exact) mass is 216 g/mol. The van der Waals surface area contributed by atoms with Crippen LogP contribution in [-0.2, 0) is 4.79 Å². The van der Waals surface area contributed by atoms with Gasteiger partial charge in [-0.15, -0.1) is 0 Å². The van der Waals surface area contributed by atoms with Crippen molar-refractivity contribution in [2.45, 2.75) is 0 Å². The molecule has 0 fully saturated rings. The van der Waals surface area contributed by atoms with E-state index < -0.39 is 5.97 Å². The highest BCUT2D eigenvalue weighted by Crippen LogP contribution is 2.28. The van der Waals surface area contributed by atoms with Gasteiger partial charge in [0.15, 0.2) is 6.61 Å². The first-order valence-electron chi connectivity index (χ1n) is 3.81. The maximum Gasteiger partial charge on any atom is 0.341 e. The van der Waals surface area contributed by atoms with Crippen molar-refractivity contribution in [2.75, 3.05) is 13.7 Å². The van der Waals surface area contributed by atoms with E-state index in [0.29, 0.717) is 16.5 Å². The fourth-order valence-electron chi connectivity index (χ4n) is 0.875. The molecule has 1 N–H and O–H groups in total. The van der Waals surface area contributed by atoms with Crippen molar-refractivity contribution in [3.8, 4) is 11.5 Å². The van der Waals surface area contributed by atoms with Crippen molar-refractivity contribution in [3.05, 3.63) is 23.2 Å². The van der Waals surface area contributed by atoms with Gasteiger partial charge in [-0.2, -0.15) is 0 Å². The van der Waals surface area contributed by atoms with E-state index in [1.54, 1.807) is 12.1 Å². The second kappa shape index (κ2) is 4.72. The minimum absolute atomic E-state index is 0.384. The number of rotatable bonds is 4. The molecular formula is C9H9ClO4. The Kier molecular flexibility index (Phi) is 3.59. The van der Waals surface area contributed by atoms with Gasteiger partial charge >= 0.3 is 5.97 Å². The van der Waals surface area contributed by atoms with E-state index in [9.17, 15) is 4.79 Å². The predicted octanol–water partition coefficient (Wildman–Crippen LogP) is 1.81. The number of methoxy groups -OCH3 is 1. The van der Waals surface area contributed by atoms with Gasteiger partial charge in [0.2, 0.25) is 0 Å². The second-order valence-electron chi connectivity index (χ2n) is 2.48. The summed E-state index contributed by atoms with van der Waals surface area (Å²) in [6.45, 7) is -0.384. The van der Waals surface area contributed by atoms with Gasteiger partial charge in [0.25, 0.3) is 0 Å². The molecule has 0 unspecified atom stereocenters. The van der Waals surface area contributed by atoms with E-state index in [-0.39, 0.29) is 6.61 Å². The highest BCUT2D eigenvalue weighted by Gasteiger charge is 2.04. The van der Waals surface area contributed by atoms with E-state index in [4.69, 9.17) is 26.2 Å². The summed E-state index contributed by atoms with van der Waals surface area (Å²) in [5.41, 5.74) is 0. The Balaban J connectivity index is 2.74. The summed E-state index contributed by atoms with van der Waals surface area (Å²) in [5, 5.41) is 8.83. The summed E-state index contributed by atoms with van der Waals surface area (Å²) in [6, 6.07) is 4.69. The highest BCUT2D eigenvalue weighted by molar-refractivity contribution is 6.32. The number of carboxylic acids is 1. The third kappa shape index (κ3) is 2.81. The molecule has 0 radical (unpaired) electrons. The normalized spacial score (nSPS) is 9.57. The molecule has 14 heavy (non-hydrogen) atoms. The van der Waals surface area contributed by atoms with Gasteiger partial charge in [-0.1, -0.05) is 11.6 Å². The molecule has 1 rings (SSSR count).